The predicted octanol–water partition coefficient (Wildman–Crippen LogP) is 2.16. The topological polar surface area (TPSA) is 119 Å². The van der Waals surface area contributed by atoms with Crippen LogP contribution in [0.5, 0.6) is 0 Å². The number of anilines is 1. The number of nitrogens with zero attached hydrogens (tertiary/aromatic N) is 4. The van der Waals surface area contributed by atoms with E-state index in [9.17, 15) is 10.1 Å². The Morgan fingerprint density at radius 3 is 2.79 bits per heavy atom. The third-order valence-corrected chi connectivity index (χ3v) is 2.66. The molecule has 0 aliphatic rings. The molecule has 0 saturated heterocycles. The van der Waals surface area contributed by atoms with Crippen LogP contribution in [0.1, 0.15) is 5.56 Å². The molecule has 1 aromatic carbocycles. The van der Waals surface area contributed by atoms with Crippen molar-refractivity contribution in [1.29, 1.82) is 5.26 Å². The molecule has 0 unspecified atom stereocenters. The number of rotatable bonds is 2. The van der Waals surface area contributed by atoms with Gasteiger partial charge in [0.2, 0.25) is 0 Å². The molecule has 0 fully saturated rings. The number of nitrogens with two attached hydrogens (primary N) is 1. The summed E-state index contributed by atoms with van der Waals surface area (Å²) in [5.41, 5.74) is 5.86. The summed E-state index contributed by atoms with van der Waals surface area (Å²) in [6.07, 6.45) is 1.26. The molecule has 94 valence electrons. The van der Waals surface area contributed by atoms with Crippen LogP contribution in [-0.4, -0.2) is 14.9 Å². The molecule has 0 amide bonds. The summed E-state index contributed by atoms with van der Waals surface area (Å²) in [6, 6.07) is 6.01. The van der Waals surface area contributed by atoms with Crippen LogP contribution in [0.15, 0.2) is 24.4 Å². The van der Waals surface area contributed by atoms with Gasteiger partial charge in [0.25, 0.3) is 5.69 Å². The number of nitrogen functional groups attached to an aromatic ring is 1. The van der Waals surface area contributed by atoms with Gasteiger partial charge in [0.1, 0.15) is 22.5 Å². The number of aromatic nitrogens is 2. The second-order valence-corrected chi connectivity index (χ2v) is 3.93. The Labute approximate surface area is 112 Å². The van der Waals surface area contributed by atoms with E-state index in [0.717, 1.165) is 0 Å². The molecule has 2 aromatic rings. The summed E-state index contributed by atoms with van der Waals surface area (Å²) in [6.45, 7) is 0. The maximum Gasteiger partial charge on any atom is 0.288 e. The van der Waals surface area contributed by atoms with Crippen molar-refractivity contribution < 1.29 is 4.92 Å². The average molecular weight is 276 g/mol. The van der Waals surface area contributed by atoms with E-state index in [1.54, 1.807) is 0 Å². The minimum absolute atomic E-state index is 0.0186. The zero-order valence-corrected chi connectivity index (χ0v) is 10.1. The second-order valence-electron chi connectivity index (χ2n) is 3.53. The van der Waals surface area contributed by atoms with Gasteiger partial charge in [-0.2, -0.15) is 5.26 Å². The van der Waals surface area contributed by atoms with Crippen molar-refractivity contribution in [1.82, 2.24) is 9.97 Å². The fraction of sp³-hybridized carbons (Fsp3) is 0. The zero-order chi connectivity index (χ0) is 14.0. The minimum atomic E-state index is -0.598. The number of benzene rings is 1. The highest BCUT2D eigenvalue weighted by Crippen LogP contribution is 2.29. The molecule has 1 aromatic heterocycles. The van der Waals surface area contributed by atoms with Crippen molar-refractivity contribution in [3.05, 3.63) is 45.1 Å². The third kappa shape index (κ3) is 2.43. The van der Waals surface area contributed by atoms with Crippen LogP contribution in [0, 0.1) is 21.4 Å². The lowest BCUT2D eigenvalue weighted by Crippen LogP contribution is -1.99. The van der Waals surface area contributed by atoms with Crippen LogP contribution >= 0.6 is 11.6 Å². The van der Waals surface area contributed by atoms with Crippen molar-refractivity contribution >= 4 is 23.1 Å². The van der Waals surface area contributed by atoms with E-state index < -0.39 is 4.92 Å². The molecular weight excluding hydrogens is 270 g/mol. The molecular formula is C11H6ClN5O2. The molecule has 0 spiro atoms. The van der Waals surface area contributed by atoms with Gasteiger partial charge >= 0.3 is 0 Å². The van der Waals surface area contributed by atoms with Crippen LogP contribution in [0.4, 0.5) is 11.5 Å². The highest BCUT2D eigenvalue weighted by atomic mass is 35.5. The van der Waals surface area contributed by atoms with Crippen LogP contribution in [0.25, 0.3) is 11.4 Å². The Morgan fingerprint density at radius 2 is 2.21 bits per heavy atom. The average Bonchev–Trinajstić information content (AvgIpc) is 2.38. The molecule has 1 heterocycles. The SMILES string of the molecule is N#Cc1cnc(-c2ccc(Cl)c([N+](=O)[O-])c2)nc1N. The van der Waals surface area contributed by atoms with Crippen molar-refractivity contribution in [3.8, 4) is 17.5 Å². The predicted molar refractivity (Wildman–Crippen MR) is 68.3 cm³/mol. The Balaban J connectivity index is 2.54. The first kappa shape index (κ1) is 12.7. The maximum atomic E-state index is 10.8. The molecule has 19 heavy (non-hydrogen) atoms. The van der Waals surface area contributed by atoms with Crippen LogP contribution in [0.3, 0.4) is 0 Å². The fourth-order valence-corrected chi connectivity index (χ4v) is 1.60. The Kier molecular flexibility index (Phi) is 3.27. The molecule has 8 heteroatoms. The lowest BCUT2D eigenvalue weighted by atomic mass is 10.2. The van der Waals surface area contributed by atoms with Gasteiger partial charge in [-0.25, -0.2) is 9.97 Å². The van der Waals surface area contributed by atoms with Gasteiger partial charge < -0.3 is 5.73 Å². The Morgan fingerprint density at radius 1 is 1.47 bits per heavy atom. The van der Waals surface area contributed by atoms with E-state index in [4.69, 9.17) is 22.6 Å². The zero-order valence-electron chi connectivity index (χ0n) is 9.37. The van der Waals surface area contributed by atoms with E-state index in [-0.39, 0.29) is 27.9 Å². The van der Waals surface area contributed by atoms with Crippen LogP contribution in [-0.2, 0) is 0 Å². The monoisotopic (exact) mass is 275 g/mol. The summed E-state index contributed by atoms with van der Waals surface area (Å²) >= 11 is 5.71. The molecule has 7 nitrogen and oxygen atoms in total. The number of hydrogen-bond donors (Lipinski definition) is 1. The van der Waals surface area contributed by atoms with Gasteiger partial charge in [-0.05, 0) is 12.1 Å². The Hall–Kier alpha value is -2.72. The molecule has 2 N–H and O–H groups in total. The largest absolute Gasteiger partial charge is 0.382 e. The Bertz CT molecular complexity index is 711. The smallest absolute Gasteiger partial charge is 0.288 e. The van der Waals surface area contributed by atoms with Crippen LogP contribution < -0.4 is 5.73 Å². The quantitative estimate of drug-likeness (QED) is 0.662. The molecule has 0 aliphatic heterocycles. The van der Waals surface area contributed by atoms with E-state index in [0.29, 0.717) is 5.56 Å². The highest BCUT2D eigenvalue weighted by molar-refractivity contribution is 6.32. The van der Waals surface area contributed by atoms with Crippen molar-refractivity contribution in [2.45, 2.75) is 0 Å². The third-order valence-electron chi connectivity index (χ3n) is 2.34. The van der Waals surface area contributed by atoms with Gasteiger partial charge in [-0.15, -0.1) is 0 Å². The molecule has 2 rings (SSSR count). The van der Waals surface area contributed by atoms with Crippen LogP contribution in [0.2, 0.25) is 5.02 Å². The summed E-state index contributed by atoms with van der Waals surface area (Å²) in [4.78, 5) is 18.0. The number of nitro groups is 1. The van der Waals surface area contributed by atoms with E-state index in [1.807, 2.05) is 6.07 Å². The van der Waals surface area contributed by atoms with Gasteiger partial charge in [0.05, 0.1) is 11.1 Å². The summed E-state index contributed by atoms with van der Waals surface area (Å²) in [7, 11) is 0. The molecule has 0 atom stereocenters. The number of hydrogen-bond acceptors (Lipinski definition) is 6. The first-order valence-electron chi connectivity index (χ1n) is 5.00. The lowest BCUT2D eigenvalue weighted by Gasteiger charge is -2.03. The van der Waals surface area contributed by atoms with E-state index in [2.05, 4.69) is 9.97 Å². The summed E-state index contributed by atoms with van der Waals surface area (Å²) in [5.74, 6) is 0.210. The fourth-order valence-electron chi connectivity index (χ4n) is 1.41. The van der Waals surface area contributed by atoms with Crippen molar-refractivity contribution in [3.63, 3.8) is 0 Å². The van der Waals surface area contributed by atoms with E-state index in [1.165, 1.54) is 24.4 Å². The standard InChI is InChI=1S/C11H6ClN5O2/c12-8-2-1-6(3-9(8)17(18)19)11-15-5-7(4-13)10(14)16-11/h1-3,5H,(H2,14,15,16). The van der Waals surface area contributed by atoms with E-state index >= 15 is 0 Å². The van der Waals surface area contributed by atoms with Crippen molar-refractivity contribution in [2.75, 3.05) is 5.73 Å². The number of halogens is 1. The van der Waals surface area contributed by atoms with Gasteiger partial charge in [-0.1, -0.05) is 11.6 Å². The molecule has 0 saturated carbocycles. The van der Waals surface area contributed by atoms with Gasteiger partial charge in [0, 0.05) is 11.6 Å². The molecule has 0 radical (unpaired) electrons. The first-order chi connectivity index (χ1) is 9.02. The second kappa shape index (κ2) is 4.88. The first-order valence-corrected chi connectivity index (χ1v) is 5.37. The van der Waals surface area contributed by atoms with Gasteiger partial charge in [0.15, 0.2) is 5.82 Å². The summed E-state index contributed by atoms with van der Waals surface area (Å²) in [5, 5.41) is 19.5. The lowest BCUT2D eigenvalue weighted by molar-refractivity contribution is -0.384. The number of nitro benzene ring substituents is 1. The maximum absolute atomic E-state index is 10.8. The highest BCUT2D eigenvalue weighted by Gasteiger charge is 2.15. The summed E-state index contributed by atoms with van der Waals surface area (Å²) < 4.78 is 0. The normalized spacial score (nSPS) is 9.89. The van der Waals surface area contributed by atoms with Crippen molar-refractivity contribution in [2.24, 2.45) is 0 Å². The minimum Gasteiger partial charge on any atom is -0.382 e. The molecule has 0 aliphatic carbocycles. The van der Waals surface area contributed by atoms with Gasteiger partial charge in [-0.3, -0.25) is 10.1 Å². The number of nitriles is 1. The molecule has 0 bridgehead atoms.